The number of piperazine rings is 1. The summed E-state index contributed by atoms with van der Waals surface area (Å²) in [5.41, 5.74) is 0.480. The van der Waals surface area contributed by atoms with E-state index >= 15 is 0 Å². The van der Waals surface area contributed by atoms with Crippen molar-refractivity contribution in [3.63, 3.8) is 0 Å². The van der Waals surface area contributed by atoms with Gasteiger partial charge >= 0.3 is 0 Å². The van der Waals surface area contributed by atoms with Crippen molar-refractivity contribution in [3.05, 3.63) is 30.1 Å². The van der Waals surface area contributed by atoms with Gasteiger partial charge in [-0.3, -0.25) is 4.79 Å². The zero-order chi connectivity index (χ0) is 18.1. The van der Waals surface area contributed by atoms with Gasteiger partial charge in [-0.2, -0.15) is 0 Å². The summed E-state index contributed by atoms with van der Waals surface area (Å²) in [7, 11) is 0. The van der Waals surface area contributed by atoms with Crippen molar-refractivity contribution in [1.82, 2.24) is 14.9 Å². The van der Waals surface area contributed by atoms with Crippen molar-refractivity contribution in [1.29, 1.82) is 0 Å². The number of aromatic nitrogens is 2. The maximum Gasteiger partial charge on any atom is 0.297 e. The summed E-state index contributed by atoms with van der Waals surface area (Å²) in [5.74, 6) is 0.597. The number of halogens is 2. The minimum atomic E-state index is -2.74. The van der Waals surface area contributed by atoms with Crippen LogP contribution in [0, 0.1) is 5.92 Å². The molecule has 1 aliphatic carbocycles. The standard InChI is InChI=1S/C19H22F2N4O/c20-17(21)18-22-15-8-4-3-7-14(15)19(23-18)25-10-9-24(16(26)12-25)11-13-5-1-2-6-13/h3-4,7-8,13,17H,1-2,5-6,9-12H2. The van der Waals surface area contributed by atoms with Gasteiger partial charge in [-0.05, 0) is 30.9 Å². The van der Waals surface area contributed by atoms with Crippen molar-refractivity contribution >= 4 is 22.6 Å². The summed E-state index contributed by atoms with van der Waals surface area (Å²) in [6.07, 6.45) is 2.16. The molecule has 1 saturated heterocycles. The van der Waals surface area contributed by atoms with Gasteiger partial charge in [-0.25, -0.2) is 18.7 Å². The van der Waals surface area contributed by atoms with E-state index in [1.54, 1.807) is 12.1 Å². The fourth-order valence-corrected chi connectivity index (χ4v) is 4.00. The molecule has 1 amide bonds. The van der Waals surface area contributed by atoms with Gasteiger partial charge in [0.1, 0.15) is 5.82 Å². The van der Waals surface area contributed by atoms with E-state index < -0.39 is 12.2 Å². The Balaban J connectivity index is 1.57. The summed E-state index contributed by atoms with van der Waals surface area (Å²) in [4.78, 5) is 24.4. The predicted molar refractivity (Wildman–Crippen MR) is 95.2 cm³/mol. The smallest absolute Gasteiger partial charge is 0.297 e. The Morgan fingerprint density at radius 3 is 2.62 bits per heavy atom. The average molecular weight is 360 g/mol. The molecule has 1 aromatic heterocycles. The van der Waals surface area contributed by atoms with Gasteiger partial charge in [0, 0.05) is 25.0 Å². The number of hydrogen-bond donors (Lipinski definition) is 0. The molecule has 2 heterocycles. The normalized spacial score (nSPS) is 19.1. The minimum Gasteiger partial charge on any atom is -0.345 e. The fourth-order valence-electron chi connectivity index (χ4n) is 4.00. The molecule has 2 aliphatic rings. The van der Waals surface area contributed by atoms with E-state index in [0.717, 1.165) is 6.54 Å². The Morgan fingerprint density at radius 2 is 1.88 bits per heavy atom. The number of benzene rings is 1. The van der Waals surface area contributed by atoms with Crippen LogP contribution >= 0.6 is 0 Å². The van der Waals surface area contributed by atoms with E-state index in [2.05, 4.69) is 9.97 Å². The monoisotopic (exact) mass is 360 g/mol. The number of nitrogens with zero attached hydrogens (tertiary/aromatic N) is 4. The molecule has 1 aliphatic heterocycles. The molecule has 1 saturated carbocycles. The lowest BCUT2D eigenvalue weighted by atomic mass is 10.1. The van der Waals surface area contributed by atoms with Gasteiger partial charge in [0.05, 0.1) is 12.1 Å². The number of amides is 1. The van der Waals surface area contributed by atoms with Crippen molar-refractivity contribution in [2.45, 2.75) is 32.1 Å². The van der Waals surface area contributed by atoms with Crippen molar-refractivity contribution in [2.24, 2.45) is 5.92 Å². The predicted octanol–water partition coefficient (Wildman–Crippen LogP) is 3.41. The summed E-state index contributed by atoms with van der Waals surface area (Å²) in [5, 5.41) is 0.703. The molecular formula is C19H22F2N4O. The van der Waals surface area contributed by atoms with Crippen LogP contribution in [-0.2, 0) is 4.79 Å². The largest absolute Gasteiger partial charge is 0.345 e. The van der Waals surface area contributed by atoms with E-state index in [1.165, 1.54) is 25.7 Å². The lowest BCUT2D eigenvalue weighted by Crippen LogP contribution is -2.51. The molecule has 2 fully saturated rings. The Morgan fingerprint density at radius 1 is 1.12 bits per heavy atom. The Hall–Kier alpha value is -2.31. The molecule has 0 spiro atoms. The van der Waals surface area contributed by atoms with Crippen molar-refractivity contribution < 1.29 is 13.6 Å². The maximum absolute atomic E-state index is 13.2. The number of carbonyl (C=O) groups excluding carboxylic acids is 1. The molecule has 0 bridgehead atoms. The lowest BCUT2D eigenvalue weighted by molar-refractivity contribution is -0.131. The van der Waals surface area contributed by atoms with Crippen molar-refractivity contribution in [2.75, 3.05) is 31.1 Å². The highest BCUT2D eigenvalue weighted by Gasteiger charge is 2.29. The zero-order valence-corrected chi connectivity index (χ0v) is 14.6. The highest BCUT2D eigenvalue weighted by molar-refractivity contribution is 5.92. The fraction of sp³-hybridized carbons (Fsp3) is 0.526. The average Bonchev–Trinajstić information content (AvgIpc) is 3.15. The van der Waals surface area contributed by atoms with E-state index in [0.29, 0.717) is 35.7 Å². The van der Waals surface area contributed by atoms with Crippen molar-refractivity contribution in [3.8, 4) is 0 Å². The van der Waals surface area contributed by atoms with Crippen LogP contribution in [0.2, 0.25) is 0 Å². The van der Waals surface area contributed by atoms with Crippen LogP contribution in [0.15, 0.2) is 24.3 Å². The highest BCUT2D eigenvalue weighted by Crippen LogP contribution is 2.29. The first-order chi connectivity index (χ1) is 12.6. The Bertz CT molecular complexity index is 807. The maximum atomic E-state index is 13.2. The molecule has 7 heteroatoms. The zero-order valence-electron chi connectivity index (χ0n) is 14.6. The summed E-state index contributed by atoms with van der Waals surface area (Å²) >= 11 is 0. The number of fused-ring (bicyclic) bond motifs is 1. The van der Waals surface area contributed by atoms with E-state index in [-0.39, 0.29) is 12.5 Å². The van der Waals surface area contributed by atoms with Crippen LogP contribution in [0.1, 0.15) is 37.9 Å². The molecule has 0 N–H and O–H groups in total. The molecule has 5 nitrogen and oxygen atoms in total. The molecule has 26 heavy (non-hydrogen) atoms. The highest BCUT2D eigenvalue weighted by atomic mass is 19.3. The molecule has 2 aromatic rings. The van der Waals surface area contributed by atoms with Crippen LogP contribution in [0.3, 0.4) is 0 Å². The first kappa shape index (κ1) is 17.1. The molecular weight excluding hydrogens is 338 g/mol. The van der Waals surface area contributed by atoms with Gasteiger partial charge in [-0.1, -0.05) is 25.0 Å². The number of para-hydroxylation sites is 1. The molecule has 1 aromatic carbocycles. The van der Waals surface area contributed by atoms with Crippen LogP contribution in [0.4, 0.5) is 14.6 Å². The molecule has 138 valence electrons. The van der Waals surface area contributed by atoms with Gasteiger partial charge in [-0.15, -0.1) is 0 Å². The minimum absolute atomic E-state index is 0.0458. The number of carbonyl (C=O) groups is 1. The van der Waals surface area contributed by atoms with Gasteiger partial charge in [0.15, 0.2) is 5.82 Å². The van der Waals surface area contributed by atoms with Crippen LogP contribution in [0.5, 0.6) is 0 Å². The summed E-state index contributed by atoms with van der Waals surface area (Å²) in [6.45, 7) is 2.20. The topological polar surface area (TPSA) is 49.3 Å². The number of anilines is 1. The molecule has 4 rings (SSSR count). The number of alkyl halides is 2. The number of hydrogen-bond acceptors (Lipinski definition) is 4. The second-order valence-corrected chi connectivity index (χ2v) is 7.14. The molecule has 0 atom stereocenters. The van der Waals surface area contributed by atoms with Crippen LogP contribution in [-0.4, -0.2) is 47.0 Å². The quantitative estimate of drug-likeness (QED) is 0.838. The second kappa shape index (κ2) is 7.13. The third-order valence-electron chi connectivity index (χ3n) is 5.37. The third kappa shape index (κ3) is 3.34. The summed E-state index contributed by atoms with van der Waals surface area (Å²) < 4.78 is 26.4. The van der Waals surface area contributed by atoms with E-state index in [1.807, 2.05) is 21.9 Å². The van der Waals surface area contributed by atoms with Gasteiger partial charge in [0.2, 0.25) is 5.91 Å². The van der Waals surface area contributed by atoms with Crippen LogP contribution < -0.4 is 4.90 Å². The first-order valence-electron chi connectivity index (χ1n) is 9.19. The Labute approximate surface area is 151 Å². The second-order valence-electron chi connectivity index (χ2n) is 7.14. The number of rotatable bonds is 4. The third-order valence-corrected chi connectivity index (χ3v) is 5.37. The van der Waals surface area contributed by atoms with Gasteiger partial charge < -0.3 is 9.80 Å². The molecule has 0 unspecified atom stereocenters. The lowest BCUT2D eigenvalue weighted by Gasteiger charge is -2.36. The first-order valence-corrected chi connectivity index (χ1v) is 9.19. The summed E-state index contributed by atoms with van der Waals surface area (Å²) in [6, 6.07) is 7.11. The van der Waals surface area contributed by atoms with Crippen LogP contribution in [0.25, 0.3) is 10.9 Å². The SMILES string of the molecule is O=C1CN(c2nc(C(F)F)nc3ccccc23)CCN1CC1CCCC1. The van der Waals surface area contributed by atoms with E-state index in [9.17, 15) is 13.6 Å². The molecule has 0 radical (unpaired) electrons. The van der Waals surface area contributed by atoms with E-state index in [4.69, 9.17) is 0 Å². The van der Waals surface area contributed by atoms with Gasteiger partial charge in [0.25, 0.3) is 6.43 Å². The Kier molecular flexibility index (Phi) is 4.70.